The number of carboxylic acids is 1. The SMILES string of the molecule is O=C(O)CN(C(=O)CC1CCC1)c1ccccc1. The van der Waals surface area contributed by atoms with Crippen molar-refractivity contribution in [1.29, 1.82) is 0 Å². The molecule has 1 amide bonds. The Morgan fingerprint density at radius 1 is 1.22 bits per heavy atom. The van der Waals surface area contributed by atoms with Crippen LogP contribution < -0.4 is 4.90 Å². The second-order valence-corrected chi connectivity index (χ2v) is 4.71. The number of carbonyl (C=O) groups excluding carboxylic acids is 1. The van der Waals surface area contributed by atoms with Gasteiger partial charge in [-0.25, -0.2) is 0 Å². The zero-order valence-corrected chi connectivity index (χ0v) is 10.2. The molecule has 18 heavy (non-hydrogen) atoms. The quantitative estimate of drug-likeness (QED) is 0.868. The zero-order chi connectivity index (χ0) is 13.0. The molecule has 1 fully saturated rings. The van der Waals surface area contributed by atoms with Crippen LogP contribution in [0.3, 0.4) is 0 Å². The van der Waals surface area contributed by atoms with E-state index in [1.807, 2.05) is 6.07 Å². The summed E-state index contributed by atoms with van der Waals surface area (Å²) >= 11 is 0. The first kappa shape index (κ1) is 12.6. The number of carboxylic acid groups (broad SMARTS) is 1. The summed E-state index contributed by atoms with van der Waals surface area (Å²) in [6, 6.07) is 8.99. The van der Waals surface area contributed by atoms with Gasteiger partial charge in [0.25, 0.3) is 0 Å². The van der Waals surface area contributed by atoms with Crippen molar-refractivity contribution < 1.29 is 14.7 Å². The summed E-state index contributed by atoms with van der Waals surface area (Å²) in [4.78, 5) is 24.4. The first-order valence-corrected chi connectivity index (χ1v) is 6.24. The number of amides is 1. The summed E-state index contributed by atoms with van der Waals surface area (Å²) in [5.41, 5.74) is 0.657. The van der Waals surface area contributed by atoms with E-state index in [1.165, 1.54) is 11.3 Å². The fourth-order valence-corrected chi connectivity index (χ4v) is 2.12. The molecule has 1 aliphatic rings. The molecule has 0 atom stereocenters. The van der Waals surface area contributed by atoms with E-state index in [-0.39, 0.29) is 12.5 Å². The number of nitrogens with zero attached hydrogens (tertiary/aromatic N) is 1. The molecular formula is C14H17NO3. The lowest BCUT2D eigenvalue weighted by Crippen LogP contribution is -2.37. The Labute approximate surface area is 106 Å². The molecule has 1 aromatic rings. The molecule has 0 bridgehead atoms. The number of benzene rings is 1. The molecule has 0 heterocycles. The minimum absolute atomic E-state index is 0.0895. The predicted molar refractivity (Wildman–Crippen MR) is 68.4 cm³/mol. The van der Waals surface area contributed by atoms with E-state index < -0.39 is 5.97 Å². The number of para-hydroxylation sites is 1. The van der Waals surface area contributed by atoms with Gasteiger partial charge in [0.05, 0.1) is 0 Å². The van der Waals surface area contributed by atoms with Crippen LogP contribution >= 0.6 is 0 Å². The van der Waals surface area contributed by atoms with Crippen molar-refractivity contribution in [2.45, 2.75) is 25.7 Å². The third-order valence-corrected chi connectivity index (χ3v) is 3.35. The molecule has 0 radical (unpaired) electrons. The fourth-order valence-electron chi connectivity index (χ4n) is 2.12. The van der Waals surface area contributed by atoms with Gasteiger partial charge in [0.2, 0.25) is 5.91 Å². The first-order chi connectivity index (χ1) is 8.66. The molecule has 0 aromatic heterocycles. The molecule has 1 aromatic carbocycles. The molecule has 1 N–H and O–H groups in total. The van der Waals surface area contributed by atoms with Crippen molar-refractivity contribution in [3.63, 3.8) is 0 Å². The Hall–Kier alpha value is -1.84. The van der Waals surface area contributed by atoms with Crippen LogP contribution in [0.4, 0.5) is 5.69 Å². The summed E-state index contributed by atoms with van der Waals surface area (Å²) in [6.45, 7) is -0.268. The summed E-state index contributed by atoms with van der Waals surface area (Å²) in [6.07, 6.45) is 3.81. The first-order valence-electron chi connectivity index (χ1n) is 6.24. The van der Waals surface area contributed by atoms with E-state index in [4.69, 9.17) is 5.11 Å². The number of carbonyl (C=O) groups is 2. The fraction of sp³-hybridized carbons (Fsp3) is 0.429. The van der Waals surface area contributed by atoms with Crippen LogP contribution in [0.1, 0.15) is 25.7 Å². The van der Waals surface area contributed by atoms with Gasteiger partial charge < -0.3 is 10.0 Å². The minimum Gasteiger partial charge on any atom is -0.480 e. The van der Waals surface area contributed by atoms with Gasteiger partial charge in [0.1, 0.15) is 6.54 Å². The van der Waals surface area contributed by atoms with Crippen molar-refractivity contribution in [2.75, 3.05) is 11.4 Å². The molecule has 1 saturated carbocycles. The van der Waals surface area contributed by atoms with E-state index in [0.29, 0.717) is 18.0 Å². The molecule has 4 heteroatoms. The lowest BCUT2D eigenvalue weighted by atomic mass is 9.82. The van der Waals surface area contributed by atoms with Crippen LogP contribution in [0.15, 0.2) is 30.3 Å². The number of aliphatic carboxylic acids is 1. The maximum Gasteiger partial charge on any atom is 0.323 e. The van der Waals surface area contributed by atoms with Crippen LogP contribution in [0.2, 0.25) is 0 Å². The summed E-state index contributed by atoms with van der Waals surface area (Å²) in [5.74, 6) is -0.633. The monoisotopic (exact) mass is 247 g/mol. The Morgan fingerprint density at radius 2 is 1.89 bits per heavy atom. The van der Waals surface area contributed by atoms with Gasteiger partial charge in [-0.1, -0.05) is 24.6 Å². The average molecular weight is 247 g/mol. The van der Waals surface area contributed by atoms with Crippen LogP contribution in [-0.2, 0) is 9.59 Å². The molecule has 0 saturated heterocycles. The van der Waals surface area contributed by atoms with Gasteiger partial charge in [-0.15, -0.1) is 0 Å². The highest BCUT2D eigenvalue weighted by atomic mass is 16.4. The lowest BCUT2D eigenvalue weighted by molar-refractivity contribution is -0.136. The topological polar surface area (TPSA) is 57.6 Å². The van der Waals surface area contributed by atoms with Crippen LogP contribution in [0.25, 0.3) is 0 Å². The largest absolute Gasteiger partial charge is 0.480 e. The number of hydrogen-bond acceptors (Lipinski definition) is 2. The van der Waals surface area contributed by atoms with Gasteiger partial charge in [0, 0.05) is 12.1 Å². The number of anilines is 1. The van der Waals surface area contributed by atoms with Gasteiger partial charge in [-0.2, -0.15) is 0 Å². The second-order valence-electron chi connectivity index (χ2n) is 4.71. The van der Waals surface area contributed by atoms with Crippen LogP contribution in [-0.4, -0.2) is 23.5 Å². The molecule has 2 rings (SSSR count). The van der Waals surface area contributed by atoms with Crippen LogP contribution in [0, 0.1) is 5.92 Å². The highest BCUT2D eigenvalue weighted by Gasteiger charge is 2.25. The van der Waals surface area contributed by atoms with Gasteiger partial charge in [-0.05, 0) is 30.9 Å². The lowest BCUT2D eigenvalue weighted by Gasteiger charge is -2.28. The van der Waals surface area contributed by atoms with Crippen molar-refractivity contribution in [3.05, 3.63) is 30.3 Å². The standard InChI is InChI=1S/C14H17NO3/c16-13(9-11-5-4-6-11)15(10-14(17)18)12-7-2-1-3-8-12/h1-3,7-8,11H,4-6,9-10H2,(H,17,18). The maximum absolute atomic E-state index is 12.1. The van der Waals surface area contributed by atoms with Crippen molar-refractivity contribution >= 4 is 17.6 Å². The van der Waals surface area contributed by atoms with Crippen molar-refractivity contribution in [2.24, 2.45) is 5.92 Å². The normalized spacial score (nSPS) is 14.9. The maximum atomic E-state index is 12.1. The van der Waals surface area contributed by atoms with E-state index in [9.17, 15) is 9.59 Å². The molecule has 1 aliphatic carbocycles. The van der Waals surface area contributed by atoms with E-state index in [0.717, 1.165) is 12.8 Å². The summed E-state index contributed by atoms with van der Waals surface area (Å²) in [5, 5.41) is 8.91. The van der Waals surface area contributed by atoms with E-state index in [2.05, 4.69) is 0 Å². The highest BCUT2D eigenvalue weighted by Crippen LogP contribution is 2.30. The average Bonchev–Trinajstić information content (AvgIpc) is 2.31. The molecule has 0 spiro atoms. The second kappa shape index (κ2) is 5.67. The molecule has 4 nitrogen and oxygen atoms in total. The molecular weight excluding hydrogens is 230 g/mol. The number of rotatable bonds is 5. The Kier molecular flexibility index (Phi) is 3.97. The molecule has 96 valence electrons. The van der Waals surface area contributed by atoms with Gasteiger partial charge in [0.15, 0.2) is 0 Å². The minimum atomic E-state index is -0.985. The zero-order valence-electron chi connectivity index (χ0n) is 10.2. The molecule has 0 unspecified atom stereocenters. The van der Waals surface area contributed by atoms with Crippen molar-refractivity contribution in [1.82, 2.24) is 0 Å². The Balaban J connectivity index is 2.08. The van der Waals surface area contributed by atoms with Crippen molar-refractivity contribution in [3.8, 4) is 0 Å². The smallest absolute Gasteiger partial charge is 0.323 e. The van der Waals surface area contributed by atoms with E-state index >= 15 is 0 Å². The predicted octanol–water partition coefficient (Wildman–Crippen LogP) is 2.29. The molecule has 0 aliphatic heterocycles. The Bertz CT molecular complexity index is 426. The van der Waals surface area contributed by atoms with Gasteiger partial charge in [-0.3, -0.25) is 9.59 Å². The summed E-state index contributed by atoms with van der Waals surface area (Å²) < 4.78 is 0. The Morgan fingerprint density at radius 3 is 2.39 bits per heavy atom. The highest BCUT2D eigenvalue weighted by molar-refractivity contribution is 5.97. The van der Waals surface area contributed by atoms with E-state index in [1.54, 1.807) is 24.3 Å². The summed E-state index contributed by atoms with van der Waals surface area (Å²) in [7, 11) is 0. The third kappa shape index (κ3) is 3.09. The van der Waals surface area contributed by atoms with Gasteiger partial charge >= 0.3 is 5.97 Å². The number of hydrogen-bond donors (Lipinski definition) is 1. The van der Waals surface area contributed by atoms with Crippen LogP contribution in [0.5, 0.6) is 0 Å². The third-order valence-electron chi connectivity index (χ3n) is 3.35.